The summed E-state index contributed by atoms with van der Waals surface area (Å²) in [5, 5.41) is 3.23. The molecule has 8 heteroatoms. The van der Waals surface area contributed by atoms with E-state index in [1.807, 2.05) is 6.07 Å². The van der Waals surface area contributed by atoms with Gasteiger partial charge in [0.2, 0.25) is 10.0 Å². The molecule has 1 amide bonds. The zero-order valence-corrected chi connectivity index (χ0v) is 19.2. The lowest BCUT2D eigenvalue weighted by atomic mass is 9.96. The van der Waals surface area contributed by atoms with Crippen LogP contribution in [0.15, 0.2) is 23.1 Å². The van der Waals surface area contributed by atoms with Crippen LogP contribution < -0.4 is 10.2 Å². The van der Waals surface area contributed by atoms with Crippen LogP contribution in [0.4, 0.5) is 5.69 Å². The van der Waals surface area contributed by atoms with E-state index in [9.17, 15) is 13.2 Å². The first kappa shape index (κ1) is 22.6. The lowest BCUT2D eigenvalue weighted by Gasteiger charge is -2.27. The van der Waals surface area contributed by atoms with Crippen molar-refractivity contribution in [1.29, 1.82) is 0 Å². The number of rotatable bonds is 5. The van der Waals surface area contributed by atoms with Crippen molar-refractivity contribution in [2.24, 2.45) is 0 Å². The quantitative estimate of drug-likeness (QED) is 0.747. The van der Waals surface area contributed by atoms with Crippen molar-refractivity contribution in [3.05, 3.63) is 23.8 Å². The Labute approximate surface area is 186 Å². The molecule has 2 heterocycles. The van der Waals surface area contributed by atoms with Crippen molar-refractivity contribution in [2.45, 2.75) is 68.7 Å². The summed E-state index contributed by atoms with van der Waals surface area (Å²) in [6.45, 7) is 3.30. The van der Waals surface area contributed by atoms with E-state index < -0.39 is 10.0 Å². The van der Waals surface area contributed by atoms with Gasteiger partial charge in [0, 0.05) is 37.9 Å². The van der Waals surface area contributed by atoms with E-state index in [0.717, 1.165) is 57.3 Å². The van der Waals surface area contributed by atoms with Gasteiger partial charge in [-0.15, -0.1) is 0 Å². The van der Waals surface area contributed by atoms with E-state index in [2.05, 4.69) is 10.2 Å². The van der Waals surface area contributed by atoms with Gasteiger partial charge in [-0.3, -0.25) is 4.79 Å². The van der Waals surface area contributed by atoms with E-state index in [0.29, 0.717) is 31.9 Å². The van der Waals surface area contributed by atoms with Gasteiger partial charge in [-0.1, -0.05) is 32.1 Å². The molecule has 1 aliphatic carbocycles. The number of hydrogen-bond donors (Lipinski definition) is 1. The van der Waals surface area contributed by atoms with Crippen LogP contribution in [-0.2, 0) is 14.8 Å². The summed E-state index contributed by atoms with van der Waals surface area (Å²) in [5.74, 6) is -0.147. The third kappa shape index (κ3) is 5.41. The van der Waals surface area contributed by atoms with E-state index in [-0.39, 0.29) is 16.8 Å². The number of nitrogens with one attached hydrogen (secondary N) is 1. The maximum atomic E-state index is 13.4. The second-order valence-corrected chi connectivity index (χ2v) is 10.8. The van der Waals surface area contributed by atoms with Crippen LogP contribution in [0.5, 0.6) is 0 Å². The van der Waals surface area contributed by atoms with Gasteiger partial charge < -0.3 is 15.0 Å². The Kier molecular flexibility index (Phi) is 7.51. The topological polar surface area (TPSA) is 79.0 Å². The Balaban J connectivity index is 1.61. The number of hydrogen-bond acceptors (Lipinski definition) is 5. The first-order chi connectivity index (χ1) is 15.1. The number of carbonyl (C=O) groups is 1. The molecule has 1 aromatic carbocycles. The maximum Gasteiger partial charge on any atom is 0.253 e. The fourth-order valence-corrected chi connectivity index (χ4v) is 6.33. The predicted octanol–water partition coefficient (Wildman–Crippen LogP) is 3.15. The molecule has 172 valence electrons. The highest BCUT2D eigenvalue weighted by Crippen LogP contribution is 2.29. The lowest BCUT2D eigenvalue weighted by Crippen LogP contribution is -2.41. The fraction of sp³-hybridized carbons (Fsp3) is 0.696. The molecule has 3 fully saturated rings. The van der Waals surface area contributed by atoms with Crippen molar-refractivity contribution >= 4 is 21.6 Å². The minimum Gasteiger partial charge on any atom is -0.379 e. The van der Waals surface area contributed by atoms with Crippen LogP contribution in [0.3, 0.4) is 0 Å². The van der Waals surface area contributed by atoms with Gasteiger partial charge in [0.25, 0.3) is 5.91 Å². The highest BCUT2D eigenvalue weighted by Gasteiger charge is 2.29. The molecule has 1 aromatic rings. The number of nitrogens with zero attached hydrogens (tertiary/aromatic N) is 2. The van der Waals surface area contributed by atoms with Gasteiger partial charge in [0.1, 0.15) is 0 Å². The van der Waals surface area contributed by atoms with Gasteiger partial charge in [0.15, 0.2) is 0 Å². The van der Waals surface area contributed by atoms with E-state index in [1.165, 1.54) is 23.6 Å². The number of sulfonamides is 1. The molecule has 2 aliphatic heterocycles. The van der Waals surface area contributed by atoms with Crippen LogP contribution in [0.1, 0.15) is 68.1 Å². The smallest absolute Gasteiger partial charge is 0.253 e. The van der Waals surface area contributed by atoms with Gasteiger partial charge in [-0.2, -0.15) is 4.31 Å². The Morgan fingerprint density at radius 1 is 0.903 bits per heavy atom. The molecular weight excluding hydrogens is 414 g/mol. The average Bonchev–Trinajstić information content (AvgIpc) is 3.30. The Morgan fingerprint density at radius 3 is 2.23 bits per heavy atom. The minimum absolute atomic E-state index is 0.147. The molecule has 3 aliphatic rings. The third-order valence-corrected chi connectivity index (χ3v) is 8.60. The second-order valence-electron chi connectivity index (χ2n) is 8.91. The van der Waals surface area contributed by atoms with Crippen LogP contribution in [0, 0.1) is 0 Å². The summed E-state index contributed by atoms with van der Waals surface area (Å²) in [6, 6.07) is 5.24. The van der Waals surface area contributed by atoms with E-state index >= 15 is 0 Å². The SMILES string of the molecule is O=C(NC1CCCCCCC1)c1cc(S(=O)(=O)N2CCOCC2)ccc1N1CCCC1. The summed E-state index contributed by atoms with van der Waals surface area (Å²) in [6.07, 6.45) is 10.2. The molecule has 1 N–H and O–H groups in total. The number of carbonyl (C=O) groups excluding carboxylic acids is 1. The standard InChI is InChI=1S/C23H35N3O4S/c27-23(24-19-8-4-2-1-3-5-9-19)21-18-20(10-11-22(21)25-12-6-7-13-25)31(28,29)26-14-16-30-17-15-26/h10-11,18-19H,1-9,12-17H2,(H,24,27). The highest BCUT2D eigenvalue weighted by molar-refractivity contribution is 7.89. The molecule has 0 spiro atoms. The van der Waals surface area contributed by atoms with Gasteiger partial charge in [0.05, 0.1) is 23.7 Å². The Hall–Kier alpha value is -1.64. The molecule has 0 atom stereocenters. The van der Waals surface area contributed by atoms with Crippen molar-refractivity contribution in [3.63, 3.8) is 0 Å². The number of morpholine rings is 1. The van der Waals surface area contributed by atoms with Gasteiger partial charge in [-0.05, 0) is 43.9 Å². The predicted molar refractivity (Wildman–Crippen MR) is 121 cm³/mol. The summed E-state index contributed by atoms with van der Waals surface area (Å²) in [4.78, 5) is 15.8. The lowest BCUT2D eigenvalue weighted by molar-refractivity contribution is 0.0730. The summed E-state index contributed by atoms with van der Waals surface area (Å²) in [5.41, 5.74) is 1.33. The number of benzene rings is 1. The molecule has 1 saturated carbocycles. The molecule has 0 bridgehead atoms. The first-order valence-electron chi connectivity index (χ1n) is 11.8. The molecular formula is C23H35N3O4S. The molecule has 0 unspecified atom stereocenters. The normalized spacial score (nSPS) is 22.1. The van der Waals surface area contributed by atoms with Crippen molar-refractivity contribution < 1.29 is 17.9 Å². The zero-order valence-electron chi connectivity index (χ0n) is 18.4. The van der Waals surface area contributed by atoms with Crippen molar-refractivity contribution in [2.75, 3.05) is 44.3 Å². The largest absolute Gasteiger partial charge is 0.379 e. The van der Waals surface area contributed by atoms with Crippen LogP contribution >= 0.6 is 0 Å². The molecule has 2 saturated heterocycles. The molecule has 0 radical (unpaired) electrons. The van der Waals surface area contributed by atoms with E-state index in [4.69, 9.17) is 4.74 Å². The average molecular weight is 450 g/mol. The maximum absolute atomic E-state index is 13.4. The fourth-order valence-electron chi connectivity index (χ4n) is 4.89. The van der Waals surface area contributed by atoms with Crippen LogP contribution in [-0.4, -0.2) is 64.1 Å². The number of anilines is 1. The second kappa shape index (κ2) is 10.3. The highest BCUT2D eigenvalue weighted by atomic mass is 32.2. The Bertz CT molecular complexity index is 854. The first-order valence-corrected chi connectivity index (χ1v) is 13.3. The van der Waals surface area contributed by atoms with Crippen molar-refractivity contribution in [1.82, 2.24) is 9.62 Å². The van der Waals surface area contributed by atoms with Gasteiger partial charge in [-0.25, -0.2) is 8.42 Å². The summed E-state index contributed by atoms with van der Waals surface area (Å²) < 4.78 is 33.1. The van der Waals surface area contributed by atoms with Crippen LogP contribution in [0.2, 0.25) is 0 Å². The molecule has 7 nitrogen and oxygen atoms in total. The monoisotopic (exact) mass is 449 g/mol. The third-order valence-electron chi connectivity index (χ3n) is 6.71. The van der Waals surface area contributed by atoms with Crippen LogP contribution in [0.25, 0.3) is 0 Å². The zero-order chi connectivity index (χ0) is 21.7. The molecule has 4 rings (SSSR count). The number of amides is 1. The summed E-state index contributed by atoms with van der Waals surface area (Å²) >= 11 is 0. The minimum atomic E-state index is -3.65. The van der Waals surface area contributed by atoms with Crippen molar-refractivity contribution in [3.8, 4) is 0 Å². The molecule has 0 aromatic heterocycles. The Morgan fingerprint density at radius 2 is 1.55 bits per heavy atom. The van der Waals surface area contributed by atoms with E-state index in [1.54, 1.807) is 12.1 Å². The molecule has 31 heavy (non-hydrogen) atoms. The summed E-state index contributed by atoms with van der Waals surface area (Å²) in [7, 11) is -3.65. The van der Waals surface area contributed by atoms with Gasteiger partial charge >= 0.3 is 0 Å². The number of ether oxygens (including phenoxy) is 1.